The summed E-state index contributed by atoms with van der Waals surface area (Å²) in [7, 11) is 0.349. The Balaban J connectivity index is 0.000000574. The fraction of sp³-hybridized carbons (Fsp3) is 0.328. The number of H-pyrrole nitrogens is 1. The van der Waals surface area contributed by atoms with Gasteiger partial charge in [0.15, 0.2) is 11.0 Å². The van der Waals surface area contributed by atoms with E-state index < -0.39 is 63.9 Å². The molecular formula is C61H79BaN13O15S. The zero-order valence-corrected chi connectivity index (χ0v) is 56.1. The van der Waals surface area contributed by atoms with Crippen LogP contribution in [0.2, 0.25) is 0 Å². The van der Waals surface area contributed by atoms with E-state index in [1.807, 2.05) is 79.0 Å². The second-order valence-corrected chi connectivity index (χ2v) is 20.7. The molecule has 0 aliphatic carbocycles. The molecule has 30 heteroatoms. The number of nitrogens with one attached hydrogen (secondary N) is 5. The van der Waals surface area contributed by atoms with Crippen LogP contribution in [0.1, 0.15) is 66.3 Å². The number of para-hydroxylation sites is 1. The van der Waals surface area contributed by atoms with Crippen LogP contribution in [-0.2, 0) is 84.6 Å². The number of aliphatic imine (C=N–C) groups is 1. The molecule has 0 saturated carbocycles. The monoisotopic (exact) mass is 1400 g/mol. The Labute approximate surface area is 569 Å². The number of phenols is 2. The number of hydrogen-bond acceptors (Lipinski definition) is 16. The SMILES string of the molecule is CN(C(=O)CCc1ccc(O)cc1)[C@H](Cc1ccccc1)C(=O)N[C@@H](CCCN/C(N)=N/[N+](=O)[O-])C(=O)O.CN(C(=O)CCc1ccc(O)cc1)[C@H](Cc1ccccc1)C(=O)N[C@@H](CCCN=C(N)N)C(=O)NCCc1c[nH]c2ccccc12.O=[S-](=O)OO.[Ba+2].[CH3-]. The van der Waals surface area contributed by atoms with Crippen molar-refractivity contribution >= 4 is 118 Å². The van der Waals surface area contributed by atoms with Gasteiger partial charge in [-0.2, -0.15) is 0 Å². The number of carboxylic acids is 1. The Bertz CT molecular complexity index is 3370. The molecule has 0 spiro atoms. The molecule has 15 N–H and O–H groups in total. The van der Waals surface area contributed by atoms with Gasteiger partial charge in [0.1, 0.15) is 40.8 Å². The zero-order chi connectivity index (χ0) is 65.3. The maximum atomic E-state index is 13.9. The first kappa shape index (κ1) is 78.5. The average Bonchev–Trinajstić information content (AvgIpc) is 2.15. The fourth-order valence-electron chi connectivity index (χ4n) is 9.01. The number of benzene rings is 5. The van der Waals surface area contributed by atoms with E-state index in [-0.39, 0.29) is 137 Å². The van der Waals surface area contributed by atoms with Gasteiger partial charge in [0.2, 0.25) is 29.5 Å². The molecule has 0 radical (unpaired) electrons. The summed E-state index contributed by atoms with van der Waals surface area (Å²) in [5.41, 5.74) is 21.8. The number of carbonyl (C=O) groups excluding carboxylic acids is 5. The van der Waals surface area contributed by atoms with Crippen molar-refractivity contribution in [3.05, 3.63) is 185 Å². The number of hydrogen-bond donors (Lipinski definition) is 12. The minimum atomic E-state index is -2.77. The molecular weight excluding hydrogens is 1320 g/mol. The predicted octanol–water partition coefficient (Wildman–Crippen LogP) is 3.38. The van der Waals surface area contributed by atoms with E-state index in [1.165, 1.54) is 29.0 Å². The van der Waals surface area contributed by atoms with Crippen LogP contribution in [0.15, 0.2) is 150 Å². The van der Waals surface area contributed by atoms with E-state index in [2.05, 4.69) is 40.7 Å². The third-order valence-electron chi connectivity index (χ3n) is 13.8. The van der Waals surface area contributed by atoms with E-state index >= 15 is 0 Å². The Hall–Kier alpha value is -8.56. The minimum Gasteiger partial charge on any atom is -0.508 e. The molecule has 6 rings (SSSR count). The van der Waals surface area contributed by atoms with Crippen molar-refractivity contribution in [2.45, 2.75) is 94.8 Å². The Morgan fingerprint density at radius 1 is 0.648 bits per heavy atom. The molecule has 486 valence electrons. The number of likely N-dealkylation sites (N-methyl/N-ethyl adjacent to an activating group) is 2. The molecule has 0 saturated heterocycles. The van der Waals surface area contributed by atoms with Crippen molar-refractivity contribution in [3.8, 4) is 11.5 Å². The first-order chi connectivity index (χ1) is 42.5. The summed E-state index contributed by atoms with van der Waals surface area (Å²) in [5, 5.41) is 59.9. The van der Waals surface area contributed by atoms with Crippen LogP contribution in [0, 0.1) is 17.5 Å². The van der Waals surface area contributed by atoms with Crippen molar-refractivity contribution in [2.75, 3.05) is 33.7 Å². The van der Waals surface area contributed by atoms with Crippen LogP contribution in [0.3, 0.4) is 0 Å². The molecule has 6 aromatic rings. The van der Waals surface area contributed by atoms with Gasteiger partial charge in [-0.1, -0.05) is 103 Å². The van der Waals surface area contributed by atoms with E-state index in [0.29, 0.717) is 45.2 Å². The van der Waals surface area contributed by atoms with Gasteiger partial charge in [-0.25, -0.2) is 14.9 Å². The molecule has 0 unspecified atom stereocenters. The number of fused-ring (bicyclic) bond motifs is 1. The topological polar surface area (TPSA) is 443 Å². The molecule has 0 bridgehead atoms. The average molecular weight is 1400 g/mol. The van der Waals surface area contributed by atoms with E-state index in [9.17, 15) is 54.2 Å². The van der Waals surface area contributed by atoms with Crippen LogP contribution >= 0.6 is 0 Å². The number of aromatic nitrogens is 1. The molecule has 5 amide bonds. The first-order valence-electron chi connectivity index (χ1n) is 28.0. The number of guanidine groups is 2. The number of nitrogens with two attached hydrogens (primary N) is 3. The van der Waals surface area contributed by atoms with Crippen LogP contribution in [0.5, 0.6) is 11.5 Å². The summed E-state index contributed by atoms with van der Waals surface area (Å²) >= 11 is 0. The minimum absolute atomic E-state index is 0. The van der Waals surface area contributed by atoms with Gasteiger partial charge in [0, 0.05) is 76.5 Å². The van der Waals surface area contributed by atoms with Crippen LogP contribution in [-0.4, -0.2) is 195 Å². The smallest absolute Gasteiger partial charge is 0.508 e. The van der Waals surface area contributed by atoms with Crippen molar-refractivity contribution in [2.24, 2.45) is 27.3 Å². The molecule has 5 aromatic carbocycles. The maximum Gasteiger partial charge on any atom is 2.00 e. The third-order valence-corrected chi connectivity index (χ3v) is 13.9. The van der Waals surface area contributed by atoms with E-state index in [1.54, 1.807) is 55.6 Å². The molecule has 0 aliphatic heterocycles. The standard InChI is InChI=1S/C35H43N7O4.C25H32N6O7.CH3.Ba.HO4S/c1-42(32(44)18-15-24-13-16-27(43)17-14-24)31(22-25-8-3-2-4-9-25)34(46)41-30(12-7-20-39-35(36)37)33(45)38-21-19-26-23-40-29-11-6-5-10-28(26)29;1-30(22(33)14-11-17-9-12-19(32)13-10-17)21(16-18-6-3-2-4-7-18)23(34)28-20(24(35)36)8-5-15-27-25(26)29-31(37)38;;;1-4-5(2)3/h2-6,8-11,13-14,16-17,23,30-31,40,43H,7,12,15,18-22H2,1H3,(H,38,45)(H,41,46)(H4,36,37,39);2-4,6-7,9-10,12-13,20-21,32H,5,8,11,14-16H2,1H3,(H,28,34)(H,35,36)(H3,26,27,29);1H3;;1H/q;;-1;+2;-1/t30-,31+;20-,21+;;;/m00.../s1. The van der Waals surface area contributed by atoms with Gasteiger partial charge in [-0.15, -0.1) is 0 Å². The molecule has 28 nitrogen and oxygen atoms in total. The zero-order valence-electron chi connectivity index (χ0n) is 50.9. The first-order valence-corrected chi connectivity index (χ1v) is 29.0. The Kier molecular flexibility index (Phi) is 36.6. The van der Waals surface area contributed by atoms with E-state index in [4.69, 9.17) is 30.9 Å². The van der Waals surface area contributed by atoms with Crippen LogP contribution in [0.25, 0.3) is 10.9 Å². The second-order valence-electron chi connectivity index (χ2n) is 20.1. The number of nitro groups is 1. The Morgan fingerprint density at radius 3 is 1.57 bits per heavy atom. The van der Waals surface area contributed by atoms with Gasteiger partial charge in [0.05, 0.1) is 11.0 Å². The number of nitrogens with zero attached hydrogens (tertiary/aromatic N) is 5. The summed E-state index contributed by atoms with van der Waals surface area (Å²) < 4.78 is 20.5. The number of phenolic OH excluding ortho intramolecular Hbond substituents is 2. The van der Waals surface area contributed by atoms with Crippen LogP contribution in [0.4, 0.5) is 0 Å². The number of aryl methyl sites for hydroxylation is 2. The summed E-state index contributed by atoms with van der Waals surface area (Å²) in [6, 6.07) is 35.7. The summed E-state index contributed by atoms with van der Waals surface area (Å²) in [4.78, 5) is 99.1. The van der Waals surface area contributed by atoms with Gasteiger partial charge < -0.3 is 84.4 Å². The number of hydrazone groups is 1. The van der Waals surface area contributed by atoms with Crippen molar-refractivity contribution in [1.29, 1.82) is 0 Å². The van der Waals surface area contributed by atoms with Gasteiger partial charge in [-0.3, -0.25) is 38.6 Å². The van der Waals surface area contributed by atoms with E-state index in [0.717, 1.165) is 38.7 Å². The van der Waals surface area contributed by atoms with Crippen LogP contribution < -0.4 is 38.5 Å². The number of aliphatic carboxylic acids is 1. The quantitative estimate of drug-likeness (QED) is 0.00341. The predicted molar refractivity (Wildman–Crippen MR) is 343 cm³/mol. The molecule has 0 fully saturated rings. The third kappa shape index (κ3) is 29.7. The number of carboxylic acid groups (broad SMARTS) is 1. The van der Waals surface area contributed by atoms with Gasteiger partial charge in [-0.05, 0) is 103 Å². The van der Waals surface area contributed by atoms with Gasteiger partial charge in [0.25, 0.3) is 5.96 Å². The Morgan fingerprint density at radius 2 is 1.11 bits per heavy atom. The normalized spacial score (nSPS) is 12.0. The number of rotatable bonds is 31. The number of aromatic hydroxyl groups is 2. The molecule has 1 aromatic heterocycles. The molecule has 91 heavy (non-hydrogen) atoms. The van der Waals surface area contributed by atoms with Crippen molar-refractivity contribution in [3.63, 3.8) is 0 Å². The number of carbonyl (C=O) groups is 6. The summed E-state index contributed by atoms with van der Waals surface area (Å²) in [6.07, 6.45) is 5.14. The van der Waals surface area contributed by atoms with Gasteiger partial charge >= 0.3 is 54.9 Å². The number of aromatic amines is 1. The largest absolute Gasteiger partial charge is 2.00 e. The fourth-order valence-corrected chi connectivity index (χ4v) is 9.01. The molecule has 4 atom stereocenters. The maximum absolute atomic E-state index is 13.9. The second kappa shape index (κ2) is 42.4. The van der Waals surface area contributed by atoms with Crippen molar-refractivity contribution < 1.29 is 67.1 Å². The van der Waals surface area contributed by atoms with Crippen molar-refractivity contribution in [1.82, 2.24) is 36.1 Å². The number of amides is 5. The summed E-state index contributed by atoms with van der Waals surface area (Å²) in [5.74, 6) is -3.33. The summed E-state index contributed by atoms with van der Waals surface area (Å²) in [6.45, 7) is 0.788. The molecule has 1 heterocycles. The molecule has 0 aliphatic rings.